The number of benzene rings is 3. The normalized spacial score (nSPS) is 14.2. The van der Waals surface area contributed by atoms with Gasteiger partial charge in [-0.25, -0.2) is 14.5 Å². The van der Waals surface area contributed by atoms with Crippen LogP contribution in [-0.4, -0.2) is 38.9 Å². The predicted octanol–water partition coefficient (Wildman–Crippen LogP) is 4.80. The first-order valence-corrected chi connectivity index (χ1v) is 10.7. The molecule has 0 saturated heterocycles. The summed E-state index contributed by atoms with van der Waals surface area (Å²) in [7, 11) is 3.19. The molecular weight excluding hydrogens is 432 g/mol. The van der Waals surface area contributed by atoms with E-state index in [4.69, 9.17) is 19.2 Å². The van der Waals surface area contributed by atoms with Crippen LogP contribution in [0.2, 0.25) is 0 Å². The van der Waals surface area contributed by atoms with Crippen molar-refractivity contribution in [1.29, 1.82) is 0 Å². The maximum atomic E-state index is 10.0. The fourth-order valence-corrected chi connectivity index (χ4v) is 4.39. The first kappa shape index (κ1) is 20.0. The average Bonchev–Trinajstić information content (AvgIpc) is 3.32. The standard InChI is InChI=1S/C26H20N4O4/c1-32-19-11-8-16(12-21(19)33-2)24-28-25-23-22(15-6-4-3-5-7-15)18-10-9-17(31)13-20(18)34-26(23)27-14-30(25)29-24/h3-14,22,31H,1-2H3/t22-/m1/s1. The Labute approximate surface area is 195 Å². The number of ether oxygens (including phenoxy) is 3. The molecule has 2 aromatic heterocycles. The molecule has 5 aromatic rings. The Bertz CT molecular complexity index is 1530. The van der Waals surface area contributed by atoms with Crippen molar-refractivity contribution in [2.45, 2.75) is 5.92 Å². The molecule has 6 rings (SSSR count). The zero-order valence-electron chi connectivity index (χ0n) is 18.5. The molecule has 0 spiro atoms. The first-order chi connectivity index (χ1) is 16.7. The number of methoxy groups -OCH3 is 2. The summed E-state index contributed by atoms with van der Waals surface area (Å²) in [4.78, 5) is 9.41. The van der Waals surface area contributed by atoms with E-state index in [0.717, 1.165) is 22.3 Å². The number of nitrogens with zero attached hydrogens (tertiary/aromatic N) is 4. The summed E-state index contributed by atoms with van der Waals surface area (Å²) in [5.74, 6) is 2.69. The maximum absolute atomic E-state index is 10.0. The van der Waals surface area contributed by atoms with E-state index < -0.39 is 0 Å². The highest BCUT2D eigenvalue weighted by molar-refractivity contribution is 5.69. The van der Waals surface area contributed by atoms with Crippen molar-refractivity contribution in [1.82, 2.24) is 19.6 Å². The summed E-state index contributed by atoms with van der Waals surface area (Å²) < 4.78 is 18.6. The topological polar surface area (TPSA) is 91.0 Å². The van der Waals surface area contributed by atoms with Gasteiger partial charge in [-0.15, -0.1) is 5.10 Å². The molecule has 34 heavy (non-hydrogen) atoms. The van der Waals surface area contributed by atoms with E-state index in [2.05, 4.69) is 22.2 Å². The average molecular weight is 452 g/mol. The van der Waals surface area contributed by atoms with E-state index in [-0.39, 0.29) is 11.7 Å². The second-order valence-electron chi connectivity index (χ2n) is 7.90. The van der Waals surface area contributed by atoms with Crippen molar-refractivity contribution in [3.63, 3.8) is 0 Å². The molecule has 1 N–H and O–H groups in total. The van der Waals surface area contributed by atoms with Gasteiger partial charge in [0.15, 0.2) is 23.0 Å². The number of hydrogen-bond acceptors (Lipinski definition) is 7. The third-order valence-electron chi connectivity index (χ3n) is 5.97. The van der Waals surface area contributed by atoms with E-state index in [1.165, 1.54) is 0 Å². The van der Waals surface area contributed by atoms with Gasteiger partial charge in [-0.2, -0.15) is 0 Å². The molecular formula is C26H20N4O4. The van der Waals surface area contributed by atoms with Crippen molar-refractivity contribution in [3.05, 3.63) is 89.7 Å². The molecule has 8 heteroatoms. The Morgan fingerprint density at radius 2 is 1.76 bits per heavy atom. The lowest BCUT2D eigenvalue weighted by Crippen LogP contribution is -2.14. The van der Waals surface area contributed by atoms with Crippen LogP contribution in [0.5, 0.6) is 28.9 Å². The van der Waals surface area contributed by atoms with Crippen LogP contribution in [-0.2, 0) is 0 Å². The zero-order valence-corrected chi connectivity index (χ0v) is 18.5. The molecule has 0 saturated carbocycles. The number of aromatic nitrogens is 4. The van der Waals surface area contributed by atoms with Crippen LogP contribution in [0.3, 0.4) is 0 Å². The van der Waals surface area contributed by atoms with Gasteiger partial charge < -0.3 is 19.3 Å². The van der Waals surface area contributed by atoms with Crippen molar-refractivity contribution >= 4 is 5.65 Å². The van der Waals surface area contributed by atoms with Crippen LogP contribution < -0.4 is 14.2 Å². The van der Waals surface area contributed by atoms with Crippen LogP contribution >= 0.6 is 0 Å². The second kappa shape index (κ2) is 7.77. The van der Waals surface area contributed by atoms with Crippen LogP contribution in [0.1, 0.15) is 22.6 Å². The van der Waals surface area contributed by atoms with E-state index in [1.54, 1.807) is 37.2 Å². The first-order valence-electron chi connectivity index (χ1n) is 10.7. The van der Waals surface area contributed by atoms with E-state index in [9.17, 15) is 5.11 Å². The van der Waals surface area contributed by atoms with Gasteiger partial charge in [0.05, 0.1) is 19.8 Å². The SMILES string of the molecule is COc1ccc(-c2nc3c4c(ncn3n2)Oc2cc(O)ccc2[C@H]4c2ccccc2)cc1OC. The summed E-state index contributed by atoms with van der Waals surface area (Å²) in [5, 5.41) is 14.7. The summed E-state index contributed by atoms with van der Waals surface area (Å²) in [6.45, 7) is 0. The number of phenols is 1. The number of hydrogen-bond donors (Lipinski definition) is 1. The Balaban J connectivity index is 1.57. The Hall–Kier alpha value is -4.59. The van der Waals surface area contributed by atoms with Crippen molar-refractivity contribution in [2.75, 3.05) is 14.2 Å². The summed E-state index contributed by atoms with van der Waals surface area (Å²) >= 11 is 0. The van der Waals surface area contributed by atoms with Gasteiger partial charge in [-0.05, 0) is 29.8 Å². The summed E-state index contributed by atoms with van der Waals surface area (Å²) in [6, 6.07) is 20.8. The van der Waals surface area contributed by atoms with Crippen molar-refractivity contribution < 1.29 is 19.3 Å². The molecule has 0 amide bonds. The van der Waals surface area contributed by atoms with E-state index in [0.29, 0.717) is 34.6 Å². The molecule has 3 heterocycles. The highest BCUT2D eigenvalue weighted by Gasteiger charge is 2.33. The molecule has 1 aliphatic heterocycles. The Morgan fingerprint density at radius 3 is 2.56 bits per heavy atom. The van der Waals surface area contributed by atoms with Crippen molar-refractivity contribution in [2.24, 2.45) is 0 Å². The molecule has 0 fully saturated rings. The minimum Gasteiger partial charge on any atom is -0.508 e. The second-order valence-corrected chi connectivity index (χ2v) is 7.90. The van der Waals surface area contributed by atoms with Crippen LogP contribution in [0.25, 0.3) is 17.0 Å². The number of rotatable bonds is 4. The summed E-state index contributed by atoms with van der Waals surface area (Å²) in [5.41, 5.74) is 4.22. The van der Waals surface area contributed by atoms with Gasteiger partial charge in [0.2, 0.25) is 5.88 Å². The number of fused-ring (bicyclic) bond motifs is 4. The zero-order chi connectivity index (χ0) is 23.2. The van der Waals surface area contributed by atoms with E-state index >= 15 is 0 Å². The molecule has 0 bridgehead atoms. The fourth-order valence-electron chi connectivity index (χ4n) is 4.39. The molecule has 0 aliphatic carbocycles. The highest BCUT2D eigenvalue weighted by Crippen LogP contribution is 2.48. The molecule has 1 atom stereocenters. The molecule has 8 nitrogen and oxygen atoms in total. The molecule has 168 valence electrons. The van der Waals surface area contributed by atoms with E-state index in [1.807, 2.05) is 42.5 Å². The molecule has 1 aliphatic rings. The molecule has 3 aromatic carbocycles. The quantitative estimate of drug-likeness (QED) is 0.411. The van der Waals surface area contributed by atoms with Crippen LogP contribution in [0.15, 0.2) is 73.1 Å². The maximum Gasteiger partial charge on any atom is 0.228 e. The highest BCUT2D eigenvalue weighted by atomic mass is 16.5. The van der Waals surface area contributed by atoms with Crippen LogP contribution in [0.4, 0.5) is 0 Å². The van der Waals surface area contributed by atoms with Gasteiger partial charge in [0.1, 0.15) is 17.8 Å². The smallest absolute Gasteiger partial charge is 0.228 e. The Morgan fingerprint density at radius 1 is 0.941 bits per heavy atom. The minimum atomic E-state index is -0.195. The lowest BCUT2D eigenvalue weighted by atomic mass is 9.84. The van der Waals surface area contributed by atoms with Gasteiger partial charge in [-0.3, -0.25) is 0 Å². The number of aromatic hydroxyl groups is 1. The lowest BCUT2D eigenvalue weighted by molar-refractivity contribution is 0.355. The molecule has 0 radical (unpaired) electrons. The minimum absolute atomic E-state index is 0.133. The summed E-state index contributed by atoms with van der Waals surface area (Å²) in [6.07, 6.45) is 1.58. The predicted molar refractivity (Wildman–Crippen MR) is 125 cm³/mol. The Kier molecular flexibility index (Phi) is 4.58. The van der Waals surface area contributed by atoms with Gasteiger partial charge in [0, 0.05) is 23.1 Å². The fraction of sp³-hybridized carbons (Fsp3) is 0.115. The lowest BCUT2D eigenvalue weighted by Gasteiger charge is -2.27. The third kappa shape index (κ3) is 3.11. The number of phenolic OH excluding ortho intramolecular Hbond substituents is 1. The van der Waals surface area contributed by atoms with Gasteiger partial charge >= 0.3 is 0 Å². The van der Waals surface area contributed by atoms with Crippen molar-refractivity contribution in [3.8, 4) is 40.3 Å². The van der Waals surface area contributed by atoms with Gasteiger partial charge in [0.25, 0.3) is 0 Å². The third-order valence-corrected chi connectivity index (χ3v) is 5.97. The largest absolute Gasteiger partial charge is 0.508 e. The van der Waals surface area contributed by atoms with Crippen LogP contribution in [0, 0.1) is 0 Å². The monoisotopic (exact) mass is 452 g/mol. The molecule has 0 unspecified atom stereocenters. The van der Waals surface area contributed by atoms with Gasteiger partial charge in [-0.1, -0.05) is 36.4 Å².